The molecule has 4 heteroatoms. The molecule has 0 aliphatic heterocycles. The average molecular weight is 226 g/mol. The van der Waals surface area contributed by atoms with Gasteiger partial charge in [0.15, 0.2) is 0 Å². The second kappa shape index (κ2) is 6.82. The topological polar surface area (TPSA) is 45.1 Å². The highest BCUT2D eigenvalue weighted by Crippen LogP contribution is 2.22. The Balaban J connectivity index is 2.48. The normalized spacial score (nSPS) is 12.7. The number of nitrogens with one attached hydrogen (secondary N) is 1. The van der Waals surface area contributed by atoms with E-state index in [4.69, 9.17) is 5.11 Å². The lowest BCUT2D eigenvalue weighted by Gasteiger charge is -2.08. The molecule has 0 aliphatic rings. The highest BCUT2D eigenvalue weighted by molar-refractivity contribution is 7.99. The number of aliphatic hydroxyl groups excluding tert-OH is 1. The van der Waals surface area contributed by atoms with Gasteiger partial charge in [0.1, 0.15) is 0 Å². The van der Waals surface area contributed by atoms with Crippen LogP contribution in [-0.2, 0) is 6.54 Å². The molecule has 15 heavy (non-hydrogen) atoms. The predicted octanol–water partition coefficient (Wildman–Crippen LogP) is 1.66. The molecular formula is C11H18N2OS. The van der Waals surface area contributed by atoms with Crippen LogP contribution in [-0.4, -0.2) is 29.0 Å². The van der Waals surface area contributed by atoms with Gasteiger partial charge in [0.25, 0.3) is 0 Å². The molecule has 0 saturated carbocycles. The molecule has 0 radical (unpaired) electrons. The molecule has 0 spiro atoms. The van der Waals surface area contributed by atoms with Crippen LogP contribution in [0, 0.1) is 0 Å². The third-order valence-corrected chi connectivity index (χ3v) is 3.16. The summed E-state index contributed by atoms with van der Waals surface area (Å²) >= 11 is 1.70. The summed E-state index contributed by atoms with van der Waals surface area (Å²) in [4.78, 5) is 4.36. The Kier molecular flexibility index (Phi) is 5.68. The van der Waals surface area contributed by atoms with Gasteiger partial charge in [0.2, 0.25) is 0 Å². The van der Waals surface area contributed by atoms with Crippen molar-refractivity contribution in [2.45, 2.75) is 30.2 Å². The molecule has 0 aliphatic carbocycles. The van der Waals surface area contributed by atoms with E-state index in [0.29, 0.717) is 5.25 Å². The summed E-state index contributed by atoms with van der Waals surface area (Å²) in [6, 6.07) is 4.11. The summed E-state index contributed by atoms with van der Waals surface area (Å²) in [5, 5.41) is 13.3. The van der Waals surface area contributed by atoms with E-state index in [1.54, 1.807) is 11.8 Å². The van der Waals surface area contributed by atoms with Crippen LogP contribution in [0.5, 0.6) is 0 Å². The first-order valence-corrected chi connectivity index (χ1v) is 6.01. The minimum atomic E-state index is 0.242. The summed E-state index contributed by atoms with van der Waals surface area (Å²) < 4.78 is 0. The Morgan fingerprint density at radius 2 is 2.33 bits per heavy atom. The first-order valence-electron chi connectivity index (χ1n) is 5.13. The summed E-state index contributed by atoms with van der Waals surface area (Å²) in [7, 11) is 1.92. The SMILES string of the molecule is CNCc1ccc(SC(C)CCO)nc1. The molecule has 1 atom stereocenters. The van der Waals surface area contributed by atoms with Gasteiger partial charge < -0.3 is 10.4 Å². The van der Waals surface area contributed by atoms with Crippen LogP contribution in [0.25, 0.3) is 0 Å². The summed E-state index contributed by atoms with van der Waals surface area (Å²) in [6.45, 7) is 3.19. The van der Waals surface area contributed by atoms with E-state index in [0.717, 1.165) is 18.0 Å². The minimum Gasteiger partial charge on any atom is -0.396 e. The number of rotatable bonds is 6. The summed E-state index contributed by atoms with van der Waals surface area (Å²) in [5.41, 5.74) is 1.19. The summed E-state index contributed by atoms with van der Waals surface area (Å²) in [5.74, 6) is 0. The van der Waals surface area contributed by atoms with Crippen LogP contribution in [0.1, 0.15) is 18.9 Å². The van der Waals surface area contributed by atoms with Crippen molar-refractivity contribution in [3.63, 3.8) is 0 Å². The smallest absolute Gasteiger partial charge is 0.0962 e. The van der Waals surface area contributed by atoms with E-state index >= 15 is 0 Å². The largest absolute Gasteiger partial charge is 0.396 e. The number of nitrogens with zero attached hydrogens (tertiary/aromatic N) is 1. The standard InChI is InChI=1S/C11H18N2OS/c1-9(5-6-14)15-11-4-3-10(7-12-2)8-13-11/h3-4,8-9,12,14H,5-7H2,1-2H3. The Labute approximate surface area is 95.3 Å². The molecular weight excluding hydrogens is 208 g/mol. The Hall–Kier alpha value is -0.580. The van der Waals surface area contributed by atoms with Crippen LogP contribution >= 0.6 is 11.8 Å². The maximum atomic E-state index is 8.79. The van der Waals surface area contributed by atoms with Crippen molar-refractivity contribution in [3.8, 4) is 0 Å². The van der Waals surface area contributed by atoms with Crippen molar-refractivity contribution in [2.75, 3.05) is 13.7 Å². The van der Waals surface area contributed by atoms with Gasteiger partial charge in [-0.3, -0.25) is 0 Å². The first-order chi connectivity index (χ1) is 7.26. The van der Waals surface area contributed by atoms with E-state index in [2.05, 4.69) is 23.3 Å². The van der Waals surface area contributed by atoms with Crippen molar-refractivity contribution in [2.24, 2.45) is 0 Å². The molecule has 0 amide bonds. The van der Waals surface area contributed by atoms with Gasteiger partial charge in [-0.25, -0.2) is 4.98 Å². The van der Waals surface area contributed by atoms with Crippen LogP contribution in [0.4, 0.5) is 0 Å². The molecule has 1 heterocycles. The molecule has 0 saturated heterocycles. The van der Waals surface area contributed by atoms with Crippen molar-refractivity contribution < 1.29 is 5.11 Å². The summed E-state index contributed by atoms with van der Waals surface area (Å²) in [6.07, 6.45) is 2.70. The monoisotopic (exact) mass is 226 g/mol. The number of thioether (sulfide) groups is 1. The Morgan fingerprint density at radius 3 is 2.87 bits per heavy atom. The highest BCUT2D eigenvalue weighted by Gasteiger charge is 2.04. The highest BCUT2D eigenvalue weighted by atomic mass is 32.2. The Morgan fingerprint density at radius 1 is 1.53 bits per heavy atom. The Bertz CT molecular complexity index is 276. The molecule has 1 aromatic rings. The van der Waals surface area contributed by atoms with Crippen molar-refractivity contribution in [3.05, 3.63) is 23.9 Å². The minimum absolute atomic E-state index is 0.242. The fourth-order valence-electron chi connectivity index (χ4n) is 1.24. The molecule has 0 aromatic carbocycles. The molecule has 1 rings (SSSR count). The van der Waals surface area contributed by atoms with E-state index in [1.807, 2.05) is 19.3 Å². The molecule has 3 nitrogen and oxygen atoms in total. The van der Waals surface area contributed by atoms with Crippen molar-refractivity contribution in [1.29, 1.82) is 0 Å². The third kappa shape index (κ3) is 4.64. The maximum Gasteiger partial charge on any atom is 0.0962 e. The van der Waals surface area contributed by atoms with Crippen molar-refractivity contribution >= 4 is 11.8 Å². The number of hydrogen-bond donors (Lipinski definition) is 2. The molecule has 2 N–H and O–H groups in total. The molecule has 1 aromatic heterocycles. The second-order valence-corrected chi connectivity index (χ2v) is 4.93. The molecule has 0 bridgehead atoms. The van der Waals surface area contributed by atoms with Crippen LogP contribution in [0.15, 0.2) is 23.4 Å². The lowest BCUT2D eigenvalue weighted by atomic mass is 10.3. The lowest BCUT2D eigenvalue weighted by molar-refractivity contribution is 0.289. The molecule has 84 valence electrons. The van der Waals surface area contributed by atoms with Crippen LogP contribution in [0.3, 0.4) is 0 Å². The predicted molar refractivity (Wildman–Crippen MR) is 64.0 cm³/mol. The number of hydrogen-bond acceptors (Lipinski definition) is 4. The zero-order valence-electron chi connectivity index (χ0n) is 9.23. The van der Waals surface area contributed by atoms with Crippen molar-refractivity contribution in [1.82, 2.24) is 10.3 Å². The lowest BCUT2D eigenvalue weighted by Crippen LogP contribution is -2.05. The van der Waals surface area contributed by atoms with Gasteiger partial charge in [-0.2, -0.15) is 0 Å². The molecule has 0 fully saturated rings. The maximum absolute atomic E-state index is 8.79. The molecule has 1 unspecified atom stereocenters. The van der Waals surface area contributed by atoms with Gasteiger partial charge in [0.05, 0.1) is 5.03 Å². The fourth-order valence-corrected chi connectivity index (χ4v) is 2.13. The second-order valence-electron chi connectivity index (χ2n) is 3.48. The number of aromatic nitrogens is 1. The van der Waals surface area contributed by atoms with E-state index < -0.39 is 0 Å². The van der Waals surface area contributed by atoms with E-state index in [9.17, 15) is 0 Å². The van der Waals surface area contributed by atoms with Crippen LogP contribution < -0.4 is 5.32 Å². The fraction of sp³-hybridized carbons (Fsp3) is 0.545. The quantitative estimate of drug-likeness (QED) is 0.724. The first kappa shape index (κ1) is 12.5. The van der Waals surface area contributed by atoms with Gasteiger partial charge in [0, 0.05) is 24.6 Å². The number of pyridine rings is 1. The zero-order valence-corrected chi connectivity index (χ0v) is 10.0. The van der Waals surface area contributed by atoms with Crippen LogP contribution in [0.2, 0.25) is 0 Å². The number of aliphatic hydroxyl groups is 1. The van der Waals surface area contributed by atoms with Gasteiger partial charge in [-0.1, -0.05) is 13.0 Å². The zero-order chi connectivity index (χ0) is 11.1. The van der Waals surface area contributed by atoms with Gasteiger partial charge >= 0.3 is 0 Å². The van der Waals surface area contributed by atoms with Gasteiger partial charge in [-0.15, -0.1) is 11.8 Å². The van der Waals surface area contributed by atoms with E-state index in [-0.39, 0.29) is 6.61 Å². The van der Waals surface area contributed by atoms with E-state index in [1.165, 1.54) is 5.56 Å². The third-order valence-electron chi connectivity index (χ3n) is 2.04. The average Bonchev–Trinajstić information content (AvgIpc) is 2.22. The van der Waals surface area contributed by atoms with Gasteiger partial charge in [-0.05, 0) is 25.1 Å².